The summed E-state index contributed by atoms with van der Waals surface area (Å²) < 4.78 is 31.7. The van der Waals surface area contributed by atoms with E-state index in [4.69, 9.17) is 4.74 Å². The van der Waals surface area contributed by atoms with Crippen LogP contribution in [0.5, 0.6) is 0 Å². The maximum Gasteiger partial charge on any atom is 0.408 e. The molecule has 1 aliphatic heterocycles. The summed E-state index contributed by atoms with van der Waals surface area (Å²) >= 11 is 0. The maximum atomic E-state index is 13.2. The molecule has 1 heterocycles. The second-order valence-corrected chi connectivity index (χ2v) is 8.69. The number of alkyl carbamates (subject to hydrolysis) is 1. The van der Waals surface area contributed by atoms with Gasteiger partial charge in [-0.15, -0.1) is 0 Å². The van der Waals surface area contributed by atoms with Crippen LogP contribution in [0.2, 0.25) is 0 Å². The Morgan fingerprint density at radius 2 is 1.90 bits per heavy atom. The summed E-state index contributed by atoms with van der Waals surface area (Å²) in [6, 6.07) is -1.51. The number of rotatable bonds is 9. The topological polar surface area (TPSA) is 117 Å². The monoisotopic (exact) mass is 433 g/mol. The molecule has 0 bridgehead atoms. The number of hydrogen-bond donors (Lipinski definition) is 4. The fraction of sp³-hybridized carbons (Fsp3) is 0.850. The molecule has 172 valence electrons. The molecule has 0 aromatic rings. The number of carbonyl (C=O) groups excluding carboxylic acids is 3. The van der Waals surface area contributed by atoms with E-state index >= 15 is 0 Å². The van der Waals surface area contributed by atoms with Gasteiger partial charge in [-0.05, 0) is 38.0 Å². The minimum absolute atomic E-state index is 0.0809. The van der Waals surface area contributed by atoms with Gasteiger partial charge < -0.3 is 25.8 Å². The van der Waals surface area contributed by atoms with Gasteiger partial charge in [-0.3, -0.25) is 9.59 Å². The summed E-state index contributed by atoms with van der Waals surface area (Å²) in [6.45, 7) is 4.03. The molecule has 8 nitrogen and oxygen atoms in total. The number of halogens is 2. The number of nitrogens with one attached hydrogen (secondary N) is 3. The Labute approximate surface area is 175 Å². The van der Waals surface area contributed by atoms with Gasteiger partial charge in [-0.25, -0.2) is 13.6 Å². The minimum atomic E-state index is -2.72. The lowest BCUT2D eigenvalue weighted by molar-refractivity contribution is -0.126. The van der Waals surface area contributed by atoms with E-state index in [2.05, 4.69) is 16.0 Å². The molecular weight excluding hydrogens is 400 g/mol. The van der Waals surface area contributed by atoms with Gasteiger partial charge in [-0.1, -0.05) is 13.8 Å². The van der Waals surface area contributed by atoms with Gasteiger partial charge in [0, 0.05) is 25.3 Å². The summed E-state index contributed by atoms with van der Waals surface area (Å²) in [4.78, 5) is 36.7. The van der Waals surface area contributed by atoms with Crippen molar-refractivity contribution in [2.24, 2.45) is 11.8 Å². The zero-order valence-corrected chi connectivity index (χ0v) is 17.6. The molecule has 0 aromatic heterocycles. The molecule has 3 unspecified atom stereocenters. The molecule has 1 saturated heterocycles. The second kappa shape index (κ2) is 10.9. The highest BCUT2D eigenvalue weighted by Crippen LogP contribution is 2.34. The first-order valence-corrected chi connectivity index (χ1v) is 10.6. The predicted octanol–water partition coefficient (Wildman–Crippen LogP) is 1.71. The molecule has 3 atom stereocenters. The van der Waals surface area contributed by atoms with Gasteiger partial charge in [-0.2, -0.15) is 0 Å². The van der Waals surface area contributed by atoms with Crippen molar-refractivity contribution in [1.82, 2.24) is 16.0 Å². The maximum absolute atomic E-state index is 13.2. The summed E-state index contributed by atoms with van der Waals surface area (Å²) in [5, 5.41) is 17.6. The molecule has 2 aliphatic rings. The van der Waals surface area contributed by atoms with Crippen LogP contribution in [-0.4, -0.2) is 60.3 Å². The number of aliphatic hydroxyl groups excluding tert-OH is 1. The van der Waals surface area contributed by atoms with Crippen LogP contribution in [0.15, 0.2) is 0 Å². The van der Waals surface area contributed by atoms with Crippen molar-refractivity contribution < 1.29 is 33.0 Å². The van der Waals surface area contributed by atoms with Crippen LogP contribution >= 0.6 is 0 Å². The van der Waals surface area contributed by atoms with Crippen LogP contribution < -0.4 is 16.0 Å². The van der Waals surface area contributed by atoms with E-state index in [0.29, 0.717) is 25.8 Å². The standard InChI is InChI=1S/C20H33F2N3O5/c1-12(2)9-16(25-19(29)30-15-3-6-20(21,22)7-4-15)18(28)24-14(11-26)10-13-5-8-23-17(13)27/h12-16,26H,3-11H2,1-2H3,(H,23,27)(H,24,28)(H,25,29). The van der Waals surface area contributed by atoms with E-state index in [9.17, 15) is 28.3 Å². The first kappa shape index (κ1) is 24.3. The molecule has 30 heavy (non-hydrogen) atoms. The smallest absolute Gasteiger partial charge is 0.408 e. The SMILES string of the molecule is CC(C)CC(NC(=O)OC1CCC(F)(F)CC1)C(=O)NC(CO)CC1CCNC1=O. The van der Waals surface area contributed by atoms with E-state index in [1.807, 2.05) is 13.8 Å². The van der Waals surface area contributed by atoms with Gasteiger partial charge in [0.25, 0.3) is 0 Å². The first-order valence-electron chi connectivity index (χ1n) is 10.6. The van der Waals surface area contributed by atoms with Gasteiger partial charge in [0.15, 0.2) is 0 Å². The van der Waals surface area contributed by atoms with Crippen molar-refractivity contribution >= 4 is 17.9 Å². The summed E-state index contributed by atoms with van der Waals surface area (Å²) in [6.07, 6.45) is -0.614. The highest BCUT2D eigenvalue weighted by Gasteiger charge is 2.37. The van der Waals surface area contributed by atoms with E-state index in [-0.39, 0.29) is 50.0 Å². The average molecular weight is 433 g/mol. The molecule has 4 N–H and O–H groups in total. The Hall–Kier alpha value is -1.97. The van der Waals surface area contributed by atoms with Gasteiger partial charge in [0.05, 0.1) is 12.6 Å². The molecule has 0 aromatic carbocycles. The van der Waals surface area contributed by atoms with Crippen LogP contribution in [0.25, 0.3) is 0 Å². The fourth-order valence-corrected chi connectivity index (χ4v) is 3.86. The Morgan fingerprint density at radius 3 is 2.43 bits per heavy atom. The number of aliphatic hydroxyl groups is 1. The molecule has 0 radical (unpaired) electrons. The van der Waals surface area contributed by atoms with Crippen LogP contribution in [-0.2, 0) is 14.3 Å². The molecule has 10 heteroatoms. The Bertz CT molecular complexity index is 607. The highest BCUT2D eigenvalue weighted by atomic mass is 19.3. The lowest BCUT2D eigenvalue weighted by atomic mass is 9.94. The fourth-order valence-electron chi connectivity index (χ4n) is 3.86. The molecule has 0 spiro atoms. The van der Waals surface area contributed by atoms with Crippen LogP contribution in [0.3, 0.4) is 0 Å². The lowest BCUT2D eigenvalue weighted by Gasteiger charge is -2.29. The third-order valence-corrected chi connectivity index (χ3v) is 5.55. The van der Waals surface area contributed by atoms with E-state index in [1.165, 1.54) is 0 Å². The minimum Gasteiger partial charge on any atom is -0.446 e. The van der Waals surface area contributed by atoms with Crippen molar-refractivity contribution in [3.63, 3.8) is 0 Å². The van der Waals surface area contributed by atoms with E-state index < -0.39 is 36.1 Å². The number of ether oxygens (including phenoxy) is 1. The second-order valence-electron chi connectivity index (χ2n) is 8.69. The third kappa shape index (κ3) is 7.70. The molecule has 2 rings (SSSR count). The predicted molar refractivity (Wildman–Crippen MR) is 105 cm³/mol. The zero-order valence-electron chi connectivity index (χ0n) is 17.6. The Morgan fingerprint density at radius 1 is 1.23 bits per heavy atom. The molecule has 3 amide bonds. The normalized spacial score (nSPS) is 23.5. The highest BCUT2D eigenvalue weighted by molar-refractivity contribution is 5.86. The Balaban J connectivity index is 1.88. The largest absolute Gasteiger partial charge is 0.446 e. The number of carbonyl (C=O) groups is 3. The van der Waals surface area contributed by atoms with Crippen molar-refractivity contribution in [2.75, 3.05) is 13.2 Å². The van der Waals surface area contributed by atoms with E-state index in [0.717, 1.165) is 0 Å². The van der Waals surface area contributed by atoms with Crippen molar-refractivity contribution in [3.05, 3.63) is 0 Å². The van der Waals surface area contributed by atoms with Crippen molar-refractivity contribution in [3.8, 4) is 0 Å². The van der Waals surface area contributed by atoms with Crippen LogP contribution in [0.1, 0.15) is 58.8 Å². The third-order valence-electron chi connectivity index (χ3n) is 5.55. The number of amides is 3. The molecule has 1 saturated carbocycles. The van der Waals surface area contributed by atoms with Gasteiger partial charge >= 0.3 is 6.09 Å². The zero-order chi connectivity index (χ0) is 22.3. The van der Waals surface area contributed by atoms with Crippen LogP contribution in [0.4, 0.5) is 13.6 Å². The van der Waals surface area contributed by atoms with Gasteiger partial charge in [0.1, 0.15) is 12.1 Å². The Kier molecular flexibility index (Phi) is 8.81. The van der Waals surface area contributed by atoms with Crippen molar-refractivity contribution in [2.45, 2.75) is 82.9 Å². The molecule has 1 aliphatic carbocycles. The summed E-state index contributed by atoms with van der Waals surface area (Å²) in [5.41, 5.74) is 0. The number of alkyl halides is 2. The molecule has 2 fully saturated rings. The van der Waals surface area contributed by atoms with E-state index in [1.54, 1.807) is 0 Å². The quantitative estimate of drug-likeness (QED) is 0.442. The average Bonchev–Trinajstić information content (AvgIpc) is 3.06. The number of hydrogen-bond acceptors (Lipinski definition) is 5. The lowest BCUT2D eigenvalue weighted by Crippen LogP contribution is -2.52. The van der Waals surface area contributed by atoms with Gasteiger partial charge in [0.2, 0.25) is 17.7 Å². The van der Waals surface area contributed by atoms with Crippen molar-refractivity contribution in [1.29, 1.82) is 0 Å². The first-order chi connectivity index (χ1) is 14.1. The molecular formula is C20H33F2N3O5. The summed E-state index contributed by atoms with van der Waals surface area (Å²) in [7, 11) is 0. The summed E-state index contributed by atoms with van der Waals surface area (Å²) in [5.74, 6) is -3.48. The van der Waals surface area contributed by atoms with Crippen LogP contribution in [0, 0.1) is 11.8 Å².